The highest BCUT2D eigenvalue weighted by atomic mass is 16.5. The van der Waals surface area contributed by atoms with Gasteiger partial charge in [0, 0.05) is 6.42 Å². The highest BCUT2D eigenvalue weighted by Gasteiger charge is 2.30. The summed E-state index contributed by atoms with van der Waals surface area (Å²) in [4.78, 5) is 23.6. The highest BCUT2D eigenvalue weighted by Crippen LogP contribution is 2.16. The van der Waals surface area contributed by atoms with Gasteiger partial charge in [0.1, 0.15) is 24.4 Å². The standard InChI is InChI=1S/C19H20N2O3/c1-13-18(22)21-17(19(23)20-13)11-14-7-9-16(10-8-14)24-12-15-5-3-2-4-6-15/h2-10,13,17H,11-12H2,1H3,(H,20,23)(H,21,22)/t13-,17-/m1/s1. The Bertz CT molecular complexity index is 713. The van der Waals surface area contributed by atoms with Gasteiger partial charge < -0.3 is 15.4 Å². The zero-order valence-corrected chi connectivity index (χ0v) is 13.5. The third kappa shape index (κ3) is 3.93. The van der Waals surface area contributed by atoms with Crippen LogP contribution in [0.25, 0.3) is 0 Å². The van der Waals surface area contributed by atoms with E-state index in [0.29, 0.717) is 13.0 Å². The fourth-order valence-electron chi connectivity index (χ4n) is 2.58. The molecule has 2 atom stereocenters. The van der Waals surface area contributed by atoms with Gasteiger partial charge >= 0.3 is 0 Å². The van der Waals surface area contributed by atoms with Crippen LogP contribution in [0.3, 0.4) is 0 Å². The molecular weight excluding hydrogens is 304 g/mol. The average Bonchev–Trinajstić information content (AvgIpc) is 2.60. The van der Waals surface area contributed by atoms with E-state index in [4.69, 9.17) is 4.74 Å². The van der Waals surface area contributed by atoms with Crippen LogP contribution in [0, 0.1) is 0 Å². The molecule has 2 N–H and O–H groups in total. The lowest BCUT2D eigenvalue weighted by atomic mass is 10.0. The molecule has 124 valence electrons. The monoisotopic (exact) mass is 324 g/mol. The molecule has 0 radical (unpaired) electrons. The van der Waals surface area contributed by atoms with Crippen molar-refractivity contribution in [3.8, 4) is 5.75 Å². The minimum absolute atomic E-state index is 0.147. The molecule has 24 heavy (non-hydrogen) atoms. The molecule has 1 aliphatic rings. The lowest BCUT2D eigenvalue weighted by Gasteiger charge is -2.27. The first kappa shape index (κ1) is 16.1. The van der Waals surface area contributed by atoms with Gasteiger partial charge in [0.25, 0.3) is 0 Å². The SMILES string of the molecule is C[C@H]1NC(=O)[C@@H](Cc2ccc(OCc3ccccc3)cc2)NC1=O. The summed E-state index contributed by atoms with van der Waals surface area (Å²) in [7, 11) is 0. The van der Waals surface area contributed by atoms with Crippen LogP contribution < -0.4 is 15.4 Å². The topological polar surface area (TPSA) is 67.4 Å². The van der Waals surface area contributed by atoms with E-state index in [2.05, 4.69) is 10.6 Å². The Hall–Kier alpha value is -2.82. The smallest absolute Gasteiger partial charge is 0.243 e. The summed E-state index contributed by atoms with van der Waals surface area (Å²) >= 11 is 0. The van der Waals surface area contributed by atoms with Crippen molar-refractivity contribution in [2.24, 2.45) is 0 Å². The molecule has 2 amide bonds. The summed E-state index contributed by atoms with van der Waals surface area (Å²) in [6.07, 6.45) is 0.462. The molecule has 5 nitrogen and oxygen atoms in total. The minimum Gasteiger partial charge on any atom is -0.489 e. The summed E-state index contributed by atoms with van der Waals surface area (Å²) in [6.45, 7) is 2.18. The molecule has 1 heterocycles. The van der Waals surface area contributed by atoms with Crippen LogP contribution in [0.1, 0.15) is 18.1 Å². The molecule has 5 heteroatoms. The van der Waals surface area contributed by atoms with Crippen LogP contribution in [-0.4, -0.2) is 23.9 Å². The Labute approximate surface area is 141 Å². The summed E-state index contributed by atoms with van der Waals surface area (Å²) in [5.41, 5.74) is 2.08. The van der Waals surface area contributed by atoms with E-state index in [9.17, 15) is 9.59 Å². The molecule has 0 unspecified atom stereocenters. The van der Waals surface area contributed by atoms with Gasteiger partial charge in [-0.2, -0.15) is 0 Å². The van der Waals surface area contributed by atoms with Crippen molar-refractivity contribution in [3.05, 3.63) is 65.7 Å². The molecule has 1 saturated heterocycles. The van der Waals surface area contributed by atoms with Crippen molar-refractivity contribution in [2.45, 2.75) is 32.0 Å². The van der Waals surface area contributed by atoms with E-state index < -0.39 is 12.1 Å². The second kappa shape index (κ2) is 7.17. The Balaban J connectivity index is 1.56. The average molecular weight is 324 g/mol. The lowest BCUT2D eigenvalue weighted by Crippen LogP contribution is -2.61. The molecule has 2 aromatic rings. The van der Waals surface area contributed by atoms with Crippen LogP contribution in [0.2, 0.25) is 0 Å². The molecule has 0 spiro atoms. The molecule has 1 aliphatic heterocycles. The molecule has 0 aliphatic carbocycles. The zero-order valence-electron chi connectivity index (χ0n) is 13.5. The molecule has 0 aromatic heterocycles. The van der Waals surface area contributed by atoms with Gasteiger partial charge in [-0.05, 0) is 30.2 Å². The van der Waals surface area contributed by atoms with E-state index in [1.807, 2.05) is 54.6 Å². The summed E-state index contributed by atoms with van der Waals surface area (Å²) in [5, 5.41) is 5.42. The van der Waals surface area contributed by atoms with Gasteiger partial charge in [-0.25, -0.2) is 0 Å². The first-order valence-corrected chi connectivity index (χ1v) is 7.98. The first-order valence-electron chi connectivity index (χ1n) is 7.98. The Kier molecular flexibility index (Phi) is 4.79. The maximum Gasteiger partial charge on any atom is 0.243 e. The number of carbonyl (C=O) groups is 2. The number of benzene rings is 2. The van der Waals surface area contributed by atoms with E-state index in [1.54, 1.807) is 6.92 Å². The van der Waals surface area contributed by atoms with Gasteiger partial charge in [-0.1, -0.05) is 42.5 Å². The van der Waals surface area contributed by atoms with Crippen LogP contribution in [0.15, 0.2) is 54.6 Å². The predicted octanol–water partition coefficient (Wildman–Crippen LogP) is 1.81. The number of hydrogen-bond acceptors (Lipinski definition) is 3. The molecule has 2 aromatic carbocycles. The van der Waals surface area contributed by atoms with Crippen molar-refractivity contribution >= 4 is 11.8 Å². The Morgan fingerprint density at radius 1 is 0.875 bits per heavy atom. The number of rotatable bonds is 5. The van der Waals surface area contributed by atoms with E-state index >= 15 is 0 Å². The van der Waals surface area contributed by atoms with Crippen molar-refractivity contribution in [3.63, 3.8) is 0 Å². The third-order valence-corrected chi connectivity index (χ3v) is 4.00. The Morgan fingerprint density at radius 3 is 2.29 bits per heavy atom. The lowest BCUT2D eigenvalue weighted by molar-refractivity contribution is -0.136. The molecule has 1 fully saturated rings. The van der Waals surface area contributed by atoms with Crippen LogP contribution in [0.4, 0.5) is 0 Å². The number of hydrogen-bond donors (Lipinski definition) is 2. The van der Waals surface area contributed by atoms with Crippen molar-refractivity contribution in [2.75, 3.05) is 0 Å². The number of carbonyl (C=O) groups excluding carboxylic acids is 2. The summed E-state index contributed by atoms with van der Waals surface area (Å²) in [6, 6.07) is 16.5. The fourth-order valence-corrected chi connectivity index (χ4v) is 2.58. The summed E-state index contributed by atoms with van der Waals surface area (Å²) in [5.74, 6) is 0.474. The first-order chi connectivity index (χ1) is 11.6. The number of amides is 2. The fraction of sp³-hybridized carbons (Fsp3) is 0.263. The van der Waals surface area contributed by atoms with Gasteiger partial charge in [0.2, 0.25) is 11.8 Å². The second-order valence-electron chi connectivity index (χ2n) is 5.91. The van der Waals surface area contributed by atoms with Gasteiger partial charge in [0.15, 0.2) is 0 Å². The normalized spacial score (nSPS) is 20.2. The van der Waals surface area contributed by atoms with E-state index in [0.717, 1.165) is 16.9 Å². The molecule has 3 rings (SSSR count). The number of ether oxygens (including phenoxy) is 1. The van der Waals surface area contributed by atoms with Crippen molar-refractivity contribution < 1.29 is 14.3 Å². The largest absolute Gasteiger partial charge is 0.489 e. The Morgan fingerprint density at radius 2 is 1.58 bits per heavy atom. The minimum atomic E-state index is -0.523. The molecule has 0 bridgehead atoms. The van der Waals surface area contributed by atoms with Gasteiger partial charge in [-0.15, -0.1) is 0 Å². The maximum absolute atomic E-state index is 11.9. The van der Waals surface area contributed by atoms with Crippen LogP contribution in [-0.2, 0) is 22.6 Å². The number of nitrogens with one attached hydrogen (secondary N) is 2. The van der Waals surface area contributed by atoms with E-state index in [-0.39, 0.29) is 11.8 Å². The highest BCUT2D eigenvalue weighted by molar-refractivity contribution is 5.96. The van der Waals surface area contributed by atoms with E-state index in [1.165, 1.54) is 0 Å². The molecular formula is C19H20N2O3. The van der Waals surface area contributed by atoms with Crippen LogP contribution in [0.5, 0.6) is 5.75 Å². The predicted molar refractivity (Wildman–Crippen MR) is 90.5 cm³/mol. The zero-order chi connectivity index (χ0) is 16.9. The second-order valence-corrected chi connectivity index (χ2v) is 5.91. The summed E-state index contributed by atoms with van der Waals surface area (Å²) < 4.78 is 5.74. The molecule has 0 saturated carbocycles. The van der Waals surface area contributed by atoms with Crippen LogP contribution >= 0.6 is 0 Å². The van der Waals surface area contributed by atoms with Crippen molar-refractivity contribution in [1.82, 2.24) is 10.6 Å². The maximum atomic E-state index is 11.9. The third-order valence-electron chi connectivity index (χ3n) is 4.00. The number of piperazine rings is 1. The van der Waals surface area contributed by atoms with Gasteiger partial charge in [0.05, 0.1) is 0 Å². The quantitative estimate of drug-likeness (QED) is 0.881. The van der Waals surface area contributed by atoms with Gasteiger partial charge in [-0.3, -0.25) is 9.59 Å². The van der Waals surface area contributed by atoms with Crippen molar-refractivity contribution in [1.29, 1.82) is 0 Å².